The summed E-state index contributed by atoms with van der Waals surface area (Å²) < 4.78 is 28.5. The van der Waals surface area contributed by atoms with Crippen LogP contribution >= 0.6 is 0 Å². The fraction of sp³-hybridized carbons (Fsp3) is 0.308. The zero-order chi connectivity index (χ0) is 12.3. The first kappa shape index (κ1) is 11.8. The van der Waals surface area contributed by atoms with Crippen LogP contribution in [0.5, 0.6) is 0 Å². The van der Waals surface area contributed by atoms with Gasteiger partial charge in [-0.05, 0) is 11.5 Å². The molecule has 1 aromatic rings. The molecule has 1 unspecified atom stereocenters. The highest BCUT2D eigenvalue weighted by Gasteiger charge is 2.24. The molecule has 4 heteroatoms. The van der Waals surface area contributed by atoms with Gasteiger partial charge >= 0.3 is 6.61 Å². The average molecular weight is 238 g/mol. The Bertz CT molecular complexity index is 426. The molecule has 0 heterocycles. The highest BCUT2D eigenvalue weighted by molar-refractivity contribution is 5.91. The number of benzene rings is 1. The van der Waals surface area contributed by atoms with Crippen LogP contribution in [0.1, 0.15) is 24.3 Å². The van der Waals surface area contributed by atoms with Crippen molar-refractivity contribution in [1.29, 1.82) is 0 Å². The summed E-state index contributed by atoms with van der Waals surface area (Å²) in [6.45, 7) is -2.87. The number of alkyl halides is 2. The summed E-state index contributed by atoms with van der Waals surface area (Å²) in [4.78, 5) is 11.4. The van der Waals surface area contributed by atoms with Crippen molar-refractivity contribution >= 4 is 5.78 Å². The summed E-state index contributed by atoms with van der Waals surface area (Å²) in [7, 11) is 0. The van der Waals surface area contributed by atoms with E-state index in [1.165, 1.54) is 6.08 Å². The molecule has 0 aromatic heterocycles. The normalized spacial score (nSPS) is 20.3. The second kappa shape index (κ2) is 5.08. The average Bonchev–Trinajstić information content (AvgIpc) is 2.28. The number of rotatable bonds is 3. The van der Waals surface area contributed by atoms with Gasteiger partial charge in [0.05, 0.1) is 0 Å². The summed E-state index contributed by atoms with van der Waals surface area (Å²) in [5, 5.41) is 0. The van der Waals surface area contributed by atoms with E-state index in [4.69, 9.17) is 0 Å². The lowest BCUT2D eigenvalue weighted by Gasteiger charge is -2.22. The van der Waals surface area contributed by atoms with E-state index in [2.05, 4.69) is 4.74 Å². The number of halogens is 2. The van der Waals surface area contributed by atoms with Crippen molar-refractivity contribution in [2.24, 2.45) is 0 Å². The SMILES string of the molecule is O=C1C=C(OC(F)F)CC(c2ccccc2)C1. The molecule has 0 radical (unpaired) electrons. The van der Waals surface area contributed by atoms with Crippen molar-refractivity contribution in [2.75, 3.05) is 0 Å². The summed E-state index contributed by atoms with van der Waals surface area (Å²) in [5.41, 5.74) is 0.976. The third kappa shape index (κ3) is 3.12. The summed E-state index contributed by atoms with van der Waals surface area (Å²) in [6.07, 6.45) is 1.87. The van der Waals surface area contributed by atoms with Crippen LogP contribution in [0.4, 0.5) is 8.78 Å². The number of carbonyl (C=O) groups excluding carboxylic acids is 1. The zero-order valence-electron chi connectivity index (χ0n) is 9.11. The van der Waals surface area contributed by atoms with E-state index in [-0.39, 0.29) is 17.5 Å². The standard InChI is InChI=1S/C13H12F2O2/c14-13(15)17-12-7-10(6-11(16)8-12)9-4-2-1-3-5-9/h1-5,8,10,13H,6-7H2. The number of hydrogen-bond donors (Lipinski definition) is 0. The van der Waals surface area contributed by atoms with Crippen molar-refractivity contribution in [3.05, 3.63) is 47.7 Å². The first-order chi connectivity index (χ1) is 8.15. The van der Waals surface area contributed by atoms with Gasteiger partial charge in [-0.25, -0.2) is 0 Å². The molecule has 0 aliphatic heterocycles. The van der Waals surface area contributed by atoms with Gasteiger partial charge in [-0.3, -0.25) is 4.79 Å². The maximum Gasteiger partial charge on any atom is 0.387 e. The number of hydrogen-bond acceptors (Lipinski definition) is 2. The van der Waals surface area contributed by atoms with Gasteiger partial charge < -0.3 is 4.74 Å². The topological polar surface area (TPSA) is 26.3 Å². The number of ether oxygens (including phenoxy) is 1. The first-order valence-corrected chi connectivity index (χ1v) is 5.38. The summed E-state index contributed by atoms with van der Waals surface area (Å²) >= 11 is 0. The van der Waals surface area contributed by atoms with E-state index in [1.54, 1.807) is 0 Å². The van der Waals surface area contributed by atoms with Crippen LogP contribution in [-0.4, -0.2) is 12.4 Å². The Balaban J connectivity index is 2.13. The lowest BCUT2D eigenvalue weighted by molar-refractivity contribution is -0.118. The van der Waals surface area contributed by atoms with E-state index < -0.39 is 6.61 Å². The monoisotopic (exact) mass is 238 g/mol. The van der Waals surface area contributed by atoms with Crippen LogP contribution in [0, 0.1) is 0 Å². The molecule has 0 N–H and O–H groups in total. The predicted molar refractivity (Wildman–Crippen MR) is 58.6 cm³/mol. The molecule has 2 rings (SSSR count). The van der Waals surface area contributed by atoms with Crippen LogP contribution in [0.15, 0.2) is 42.2 Å². The first-order valence-electron chi connectivity index (χ1n) is 5.38. The van der Waals surface area contributed by atoms with Crippen LogP contribution < -0.4 is 0 Å². The minimum Gasteiger partial charge on any atom is -0.439 e. The molecule has 2 nitrogen and oxygen atoms in total. The number of carbonyl (C=O) groups is 1. The molecule has 90 valence electrons. The predicted octanol–water partition coefficient (Wildman–Crippen LogP) is 3.26. The number of ketones is 1. The summed E-state index contributed by atoms with van der Waals surface area (Å²) in [6, 6.07) is 9.39. The highest BCUT2D eigenvalue weighted by Crippen LogP contribution is 2.32. The second-order valence-corrected chi connectivity index (χ2v) is 3.97. The number of allylic oxidation sites excluding steroid dienone is 2. The Labute approximate surface area is 97.9 Å². The van der Waals surface area contributed by atoms with E-state index >= 15 is 0 Å². The molecule has 0 saturated heterocycles. The largest absolute Gasteiger partial charge is 0.439 e. The molecular formula is C13H12F2O2. The maximum absolute atomic E-state index is 12.1. The highest BCUT2D eigenvalue weighted by atomic mass is 19.3. The molecule has 0 spiro atoms. The van der Waals surface area contributed by atoms with Gasteiger partial charge in [0.25, 0.3) is 0 Å². The quantitative estimate of drug-likeness (QED) is 0.807. The van der Waals surface area contributed by atoms with Gasteiger partial charge in [0, 0.05) is 18.9 Å². The van der Waals surface area contributed by atoms with E-state index in [9.17, 15) is 13.6 Å². The fourth-order valence-electron chi connectivity index (χ4n) is 2.01. The molecule has 0 fully saturated rings. The Morgan fingerprint density at radius 1 is 1.18 bits per heavy atom. The van der Waals surface area contributed by atoms with Crippen LogP contribution in [0.3, 0.4) is 0 Å². The molecule has 17 heavy (non-hydrogen) atoms. The van der Waals surface area contributed by atoms with Gasteiger partial charge in [0.2, 0.25) is 0 Å². The lowest BCUT2D eigenvalue weighted by atomic mass is 9.86. The van der Waals surface area contributed by atoms with Crippen LogP contribution in [0.2, 0.25) is 0 Å². The van der Waals surface area contributed by atoms with Gasteiger partial charge in [0.1, 0.15) is 5.76 Å². The van der Waals surface area contributed by atoms with Gasteiger partial charge in [-0.2, -0.15) is 8.78 Å². The zero-order valence-corrected chi connectivity index (χ0v) is 9.11. The molecule has 1 aliphatic rings. The van der Waals surface area contributed by atoms with Gasteiger partial charge in [0.15, 0.2) is 5.78 Å². The Kier molecular flexibility index (Phi) is 3.52. The van der Waals surface area contributed by atoms with E-state index in [1.807, 2.05) is 30.3 Å². The fourth-order valence-corrected chi connectivity index (χ4v) is 2.01. The molecule has 1 aliphatic carbocycles. The van der Waals surface area contributed by atoms with Crippen molar-refractivity contribution in [3.8, 4) is 0 Å². The van der Waals surface area contributed by atoms with Gasteiger partial charge in [-0.1, -0.05) is 30.3 Å². The minimum absolute atomic E-state index is 0.0672. The summed E-state index contributed by atoms with van der Waals surface area (Å²) in [5.74, 6) is -0.159. The van der Waals surface area contributed by atoms with E-state index in [0.29, 0.717) is 12.8 Å². The lowest BCUT2D eigenvalue weighted by Crippen LogP contribution is -2.15. The minimum atomic E-state index is -2.87. The van der Waals surface area contributed by atoms with Crippen LogP contribution in [-0.2, 0) is 9.53 Å². The second-order valence-electron chi connectivity index (χ2n) is 3.97. The third-order valence-electron chi connectivity index (χ3n) is 2.73. The molecular weight excluding hydrogens is 226 g/mol. The Hall–Kier alpha value is -1.71. The third-order valence-corrected chi connectivity index (χ3v) is 2.73. The van der Waals surface area contributed by atoms with E-state index in [0.717, 1.165) is 5.56 Å². The van der Waals surface area contributed by atoms with Crippen LogP contribution in [0.25, 0.3) is 0 Å². The Morgan fingerprint density at radius 2 is 1.88 bits per heavy atom. The molecule has 0 saturated carbocycles. The smallest absolute Gasteiger partial charge is 0.387 e. The van der Waals surface area contributed by atoms with Crippen molar-refractivity contribution in [2.45, 2.75) is 25.4 Å². The van der Waals surface area contributed by atoms with Crippen molar-refractivity contribution < 1.29 is 18.3 Å². The Morgan fingerprint density at radius 3 is 2.53 bits per heavy atom. The maximum atomic E-state index is 12.1. The van der Waals surface area contributed by atoms with Gasteiger partial charge in [-0.15, -0.1) is 0 Å². The van der Waals surface area contributed by atoms with Crippen molar-refractivity contribution in [1.82, 2.24) is 0 Å². The molecule has 1 atom stereocenters. The molecule has 0 amide bonds. The van der Waals surface area contributed by atoms with Crippen molar-refractivity contribution in [3.63, 3.8) is 0 Å². The molecule has 1 aromatic carbocycles. The molecule has 0 bridgehead atoms.